The first-order chi connectivity index (χ1) is 9.63. The fourth-order valence-corrected chi connectivity index (χ4v) is 2.75. The summed E-state index contributed by atoms with van der Waals surface area (Å²) in [4.78, 5) is 0.165. The number of hydrogen-bond acceptors (Lipinski definition) is 6. The van der Waals surface area contributed by atoms with Crippen LogP contribution in [0.4, 0.5) is 0 Å². The number of hydrogen-bond donors (Lipinski definition) is 2. The fourth-order valence-electron chi connectivity index (χ4n) is 1.70. The van der Waals surface area contributed by atoms with E-state index in [4.69, 9.17) is 14.2 Å². The van der Waals surface area contributed by atoms with E-state index < -0.39 is 10.0 Å². The molecule has 0 saturated heterocycles. The van der Waals surface area contributed by atoms with Gasteiger partial charge in [0.25, 0.3) is 0 Å². The zero-order chi connectivity index (χ0) is 14.4. The lowest BCUT2D eigenvalue weighted by molar-refractivity contribution is 0.174. The van der Waals surface area contributed by atoms with Crippen LogP contribution in [0.25, 0.3) is 0 Å². The number of benzene rings is 1. The minimum atomic E-state index is -3.53. The Labute approximate surface area is 130 Å². The molecule has 0 unspecified atom stereocenters. The summed E-state index contributed by atoms with van der Waals surface area (Å²) in [5.41, 5.74) is 0. The summed E-state index contributed by atoms with van der Waals surface area (Å²) < 4.78 is 41.8. The minimum absolute atomic E-state index is 0. The van der Waals surface area contributed by atoms with Crippen LogP contribution in [0.3, 0.4) is 0 Å². The van der Waals surface area contributed by atoms with Gasteiger partial charge in [-0.2, -0.15) is 0 Å². The highest BCUT2D eigenvalue weighted by molar-refractivity contribution is 7.89. The van der Waals surface area contributed by atoms with Crippen molar-refractivity contribution in [1.29, 1.82) is 0 Å². The van der Waals surface area contributed by atoms with Crippen molar-refractivity contribution in [3.63, 3.8) is 0 Å². The molecular weight excluding hydrogens is 320 g/mol. The topological polar surface area (TPSA) is 85.9 Å². The summed E-state index contributed by atoms with van der Waals surface area (Å²) in [6.07, 6.45) is 0. The second-order valence-electron chi connectivity index (χ2n) is 4.16. The van der Waals surface area contributed by atoms with Crippen LogP contribution in [-0.4, -0.2) is 48.6 Å². The summed E-state index contributed by atoms with van der Waals surface area (Å²) >= 11 is 0. The van der Waals surface area contributed by atoms with Gasteiger partial charge >= 0.3 is 0 Å². The molecule has 1 aliphatic heterocycles. The van der Waals surface area contributed by atoms with Gasteiger partial charge in [-0.25, -0.2) is 13.1 Å². The van der Waals surface area contributed by atoms with Crippen molar-refractivity contribution < 1.29 is 22.6 Å². The van der Waals surface area contributed by atoms with Crippen molar-refractivity contribution in [3.05, 3.63) is 18.2 Å². The van der Waals surface area contributed by atoms with Gasteiger partial charge in [-0.3, -0.25) is 0 Å². The van der Waals surface area contributed by atoms with Crippen molar-refractivity contribution in [3.8, 4) is 11.5 Å². The summed E-state index contributed by atoms with van der Waals surface area (Å²) in [6.45, 7) is 2.24. The number of ether oxygens (including phenoxy) is 3. The Balaban J connectivity index is 0.00000220. The highest BCUT2D eigenvalue weighted by Crippen LogP contribution is 2.33. The van der Waals surface area contributed by atoms with Gasteiger partial charge in [-0.15, -0.1) is 12.4 Å². The average Bonchev–Trinajstić information content (AvgIpc) is 2.90. The third-order valence-corrected chi connectivity index (χ3v) is 4.19. The van der Waals surface area contributed by atoms with E-state index in [2.05, 4.69) is 10.0 Å². The number of fused-ring (bicyclic) bond motifs is 1. The van der Waals surface area contributed by atoms with Crippen LogP contribution in [-0.2, 0) is 14.8 Å². The monoisotopic (exact) mass is 338 g/mol. The van der Waals surface area contributed by atoms with Gasteiger partial charge in [0.2, 0.25) is 16.8 Å². The van der Waals surface area contributed by atoms with E-state index in [9.17, 15) is 8.42 Å². The predicted molar refractivity (Wildman–Crippen MR) is 79.7 cm³/mol. The molecule has 9 heteroatoms. The molecule has 0 atom stereocenters. The maximum Gasteiger partial charge on any atom is 0.240 e. The molecule has 7 nitrogen and oxygen atoms in total. The number of methoxy groups -OCH3 is 1. The molecule has 0 spiro atoms. The van der Waals surface area contributed by atoms with Gasteiger partial charge < -0.3 is 19.5 Å². The molecule has 0 saturated carbocycles. The summed E-state index contributed by atoms with van der Waals surface area (Å²) in [5.74, 6) is 1.01. The molecule has 1 heterocycles. The van der Waals surface area contributed by atoms with Crippen LogP contribution in [0.2, 0.25) is 0 Å². The quantitative estimate of drug-likeness (QED) is 0.665. The predicted octanol–water partition coefficient (Wildman–Crippen LogP) is 0.351. The minimum Gasteiger partial charge on any atom is -0.454 e. The van der Waals surface area contributed by atoms with Crippen LogP contribution in [0.5, 0.6) is 11.5 Å². The van der Waals surface area contributed by atoms with Crippen LogP contribution >= 0.6 is 12.4 Å². The maximum atomic E-state index is 12.1. The lowest BCUT2D eigenvalue weighted by Crippen LogP contribution is -2.33. The van der Waals surface area contributed by atoms with E-state index in [0.29, 0.717) is 37.7 Å². The molecule has 0 aromatic heterocycles. The van der Waals surface area contributed by atoms with Crippen molar-refractivity contribution in [1.82, 2.24) is 10.0 Å². The van der Waals surface area contributed by atoms with Crippen LogP contribution in [0.15, 0.2) is 23.1 Å². The fraction of sp³-hybridized carbons (Fsp3) is 0.500. The smallest absolute Gasteiger partial charge is 0.240 e. The molecule has 21 heavy (non-hydrogen) atoms. The van der Waals surface area contributed by atoms with Crippen molar-refractivity contribution in [2.24, 2.45) is 0 Å². The number of sulfonamides is 1. The van der Waals surface area contributed by atoms with Gasteiger partial charge in [-0.05, 0) is 12.1 Å². The Morgan fingerprint density at radius 2 is 1.95 bits per heavy atom. The van der Waals surface area contributed by atoms with E-state index in [0.717, 1.165) is 0 Å². The van der Waals surface area contributed by atoms with Gasteiger partial charge in [0, 0.05) is 32.8 Å². The molecule has 1 aromatic carbocycles. The number of halogens is 1. The molecule has 0 aliphatic carbocycles. The lowest BCUT2D eigenvalue weighted by Gasteiger charge is -2.08. The lowest BCUT2D eigenvalue weighted by atomic mass is 10.3. The van der Waals surface area contributed by atoms with Crippen molar-refractivity contribution in [2.75, 3.05) is 40.1 Å². The Morgan fingerprint density at radius 3 is 2.71 bits per heavy atom. The van der Waals surface area contributed by atoms with E-state index in [1.807, 2.05) is 0 Å². The van der Waals surface area contributed by atoms with Gasteiger partial charge in [0.05, 0.1) is 11.5 Å². The van der Waals surface area contributed by atoms with Crippen LogP contribution in [0.1, 0.15) is 0 Å². The molecule has 0 fully saturated rings. The normalized spacial score (nSPS) is 13.0. The molecule has 2 N–H and O–H groups in total. The van der Waals surface area contributed by atoms with E-state index >= 15 is 0 Å². The molecule has 0 radical (unpaired) electrons. The SMILES string of the molecule is COCCNCCNS(=O)(=O)c1ccc2c(c1)OCO2.Cl. The van der Waals surface area contributed by atoms with Crippen LogP contribution in [0, 0.1) is 0 Å². The zero-order valence-electron chi connectivity index (χ0n) is 11.6. The molecule has 1 aliphatic rings. The van der Waals surface area contributed by atoms with E-state index in [1.165, 1.54) is 12.1 Å². The summed E-state index contributed by atoms with van der Waals surface area (Å²) in [7, 11) is -1.92. The van der Waals surface area contributed by atoms with E-state index in [-0.39, 0.29) is 24.1 Å². The van der Waals surface area contributed by atoms with Gasteiger partial charge in [0.15, 0.2) is 11.5 Å². The van der Waals surface area contributed by atoms with Crippen LogP contribution < -0.4 is 19.5 Å². The third kappa shape index (κ3) is 5.01. The molecule has 0 amide bonds. The Kier molecular flexibility index (Phi) is 7.20. The third-order valence-electron chi connectivity index (χ3n) is 2.73. The zero-order valence-corrected chi connectivity index (χ0v) is 13.3. The Hall–Kier alpha value is -1.06. The largest absolute Gasteiger partial charge is 0.454 e. The second kappa shape index (κ2) is 8.40. The number of nitrogens with one attached hydrogen (secondary N) is 2. The molecular formula is C12H19ClN2O5S. The van der Waals surface area contributed by atoms with Crippen molar-refractivity contribution >= 4 is 22.4 Å². The standard InChI is InChI=1S/C12H18N2O5S.ClH/c1-17-7-6-13-4-5-14-20(15,16)10-2-3-11-12(8-10)19-9-18-11;/h2-3,8,13-14H,4-7,9H2,1H3;1H. The van der Waals surface area contributed by atoms with E-state index in [1.54, 1.807) is 13.2 Å². The first-order valence-corrected chi connectivity index (χ1v) is 7.71. The van der Waals surface area contributed by atoms with Gasteiger partial charge in [-0.1, -0.05) is 0 Å². The highest BCUT2D eigenvalue weighted by Gasteiger charge is 2.19. The molecule has 1 aromatic rings. The molecule has 2 rings (SSSR count). The number of rotatable bonds is 8. The second-order valence-corrected chi connectivity index (χ2v) is 5.92. The highest BCUT2D eigenvalue weighted by atomic mass is 35.5. The Morgan fingerprint density at radius 1 is 1.19 bits per heavy atom. The summed E-state index contributed by atoms with van der Waals surface area (Å²) in [6, 6.07) is 4.55. The molecule has 0 bridgehead atoms. The van der Waals surface area contributed by atoms with Crippen molar-refractivity contribution in [2.45, 2.75) is 4.90 Å². The molecule has 120 valence electrons. The summed E-state index contributed by atoms with van der Waals surface area (Å²) in [5, 5.41) is 3.06. The average molecular weight is 339 g/mol. The first kappa shape index (κ1) is 18.0. The first-order valence-electron chi connectivity index (χ1n) is 6.22. The Bertz CT molecular complexity index is 553. The maximum absolute atomic E-state index is 12.1. The van der Waals surface area contributed by atoms with Gasteiger partial charge in [0.1, 0.15) is 0 Å².